The van der Waals surface area contributed by atoms with E-state index >= 15 is 0 Å². The highest BCUT2D eigenvalue weighted by Crippen LogP contribution is 2.25. The lowest BCUT2D eigenvalue weighted by molar-refractivity contribution is -0.129. The molecular weight excluding hydrogens is 384 g/mol. The molecule has 1 aliphatic heterocycles. The van der Waals surface area contributed by atoms with Crippen molar-refractivity contribution in [3.8, 4) is 6.07 Å². The molecule has 0 aliphatic carbocycles. The molecule has 1 aromatic rings. The SMILES string of the molecule is CC(O)(CC(=O)NCC(=O)N[C@H](C#N)C[C@@H]1CCNC1=O)c1ccc(Cl)cc1. The third-order valence-electron chi connectivity index (χ3n) is 4.59. The number of nitrogens with one attached hydrogen (secondary N) is 3. The lowest BCUT2D eigenvalue weighted by Gasteiger charge is -2.23. The fourth-order valence-electron chi connectivity index (χ4n) is 3.01. The van der Waals surface area contributed by atoms with Gasteiger partial charge in [0.2, 0.25) is 17.7 Å². The number of amides is 3. The van der Waals surface area contributed by atoms with Gasteiger partial charge in [-0.3, -0.25) is 14.4 Å². The van der Waals surface area contributed by atoms with Crippen LogP contribution in [0, 0.1) is 17.2 Å². The lowest BCUT2D eigenvalue weighted by Crippen LogP contribution is -2.43. The second-order valence-corrected chi connectivity index (χ2v) is 7.43. The summed E-state index contributed by atoms with van der Waals surface area (Å²) in [5, 5.41) is 27.8. The molecule has 8 nitrogen and oxygen atoms in total. The zero-order valence-electron chi connectivity index (χ0n) is 15.5. The van der Waals surface area contributed by atoms with Gasteiger partial charge in [0.05, 0.1) is 24.6 Å². The van der Waals surface area contributed by atoms with Crippen molar-refractivity contribution in [2.24, 2.45) is 5.92 Å². The van der Waals surface area contributed by atoms with E-state index in [9.17, 15) is 24.8 Å². The first kappa shape index (κ1) is 21.7. The van der Waals surface area contributed by atoms with Crippen LogP contribution in [0.1, 0.15) is 31.7 Å². The van der Waals surface area contributed by atoms with E-state index in [2.05, 4.69) is 16.0 Å². The Labute approximate surface area is 168 Å². The van der Waals surface area contributed by atoms with Crippen LogP contribution in [-0.2, 0) is 20.0 Å². The molecular formula is C19H23ClN4O4. The van der Waals surface area contributed by atoms with E-state index in [0.29, 0.717) is 23.6 Å². The first-order valence-corrected chi connectivity index (χ1v) is 9.31. The van der Waals surface area contributed by atoms with Crippen molar-refractivity contribution in [3.05, 3.63) is 34.9 Å². The van der Waals surface area contributed by atoms with Gasteiger partial charge in [-0.15, -0.1) is 0 Å². The van der Waals surface area contributed by atoms with Gasteiger partial charge in [0, 0.05) is 17.5 Å². The molecule has 0 bridgehead atoms. The summed E-state index contributed by atoms with van der Waals surface area (Å²) in [6.45, 7) is 1.73. The highest BCUT2D eigenvalue weighted by atomic mass is 35.5. The Morgan fingerprint density at radius 1 is 1.39 bits per heavy atom. The number of rotatable bonds is 8. The molecule has 0 radical (unpaired) electrons. The third kappa shape index (κ3) is 6.22. The number of aliphatic hydroxyl groups is 1. The van der Waals surface area contributed by atoms with Crippen LogP contribution in [0.3, 0.4) is 0 Å². The van der Waals surface area contributed by atoms with Crippen molar-refractivity contribution in [3.63, 3.8) is 0 Å². The number of carbonyl (C=O) groups excluding carboxylic acids is 3. The van der Waals surface area contributed by atoms with Crippen molar-refractivity contribution in [2.45, 2.75) is 37.8 Å². The summed E-state index contributed by atoms with van der Waals surface area (Å²) in [5.41, 5.74) is -0.896. The molecule has 2 rings (SSSR count). The van der Waals surface area contributed by atoms with Crippen LogP contribution in [0.5, 0.6) is 0 Å². The Kier molecular flexibility index (Phi) is 7.38. The van der Waals surface area contributed by atoms with Gasteiger partial charge in [-0.2, -0.15) is 5.26 Å². The molecule has 1 heterocycles. The maximum Gasteiger partial charge on any atom is 0.240 e. The topological polar surface area (TPSA) is 131 Å². The summed E-state index contributed by atoms with van der Waals surface area (Å²) < 4.78 is 0. The zero-order chi connectivity index (χ0) is 20.7. The highest BCUT2D eigenvalue weighted by molar-refractivity contribution is 6.30. The Morgan fingerprint density at radius 2 is 2.07 bits per heavy atom. The molecule has 1 fully saturated rings. The molecule has 0 aromatic heterocycles. The first-order valence-electron chi connectivity index (χ1n) is 8.93. The first-order chi connectivity index (χ1) is 13.2. The summed E-state index contributed by atoms with van der Waals surface area (Å²) in [5.74, 6) is -1.47. The van der Waals surface area contributed by atoms with Gasteiger partial charge in [0.15, 0.2) is 0 Å². The van der Waals surface area contributed by atoms with E-state index < -0.39 is 23.5 Å². The molecule has 0 spiro atoms. The summed E-state index contributed by atoms with van der Waals surface area (Å²) in [6.07, 6.45) is 0.614. The molecule has 150 valence electrons. The Bertz CT molecular complexity index is 773. The second kappa shape index (κ2) is 9.53. The maximum atomic E-state index is 12.1. The molecule has 4 N–H and O–H groups in total. The Morgan fingerprint density at radius 3 is 2.64 bits per heavy atom. The summed E-state index contributed by atoms with van der Waals surface area (Å²) in [7, 11) is 0. The fourth-order valence-corrected chi connectivity index (χ4v) is 3.13. The van der Waals surface area contributed by atoms with Crippen molar-refractivity contribution in [2.75, 3.05) is 13.1 Å². The van der Waals surface area contributed by atoms with E-state index in [1.807, 2.05) is 6.07 Å². The van der Waals surface area contributed by atoms with Crippen LogP contribution >= 0.6 is 11.6 Å². The van der Waals surface area contributed by atoms with Crippen LogP contribution in [0.4, 0.5) is 0 Å². The predicted octanol–water partition coefficient (Wildman–Crippen LogP) is 0.588. The minimum absolute atomic E-state index is 0.118. The van der Waals surface area contributed by atoms with Crippen molar-refractivity contribution in [1.82, 2.24) is 16.0 Å². The van der Waals surface area contributed by atoms with Gasteiger partial charge in [-0.1, -0.05) is 23.7 Å². The Balaban J connectivity index is 1.79. The fraction of sp³-hybridized carbons (Fsp3) is 0.474. The lowest BCUT2D eigenvalue weighted by atomic mass is 9.92. The molecule has 1 unspecified atom stereocenters. The van der Waals surface area contributed by atoms with Crippen LogP contribution in [-0.4, -0.2) is 42.0 Å². The monoisotopic (exact) mass is 406 g/mol. The molecule has 1 aliphatic rings. The summed E-state index contributed by atoms with van der Waals surface area (Å²) >= 11 is 5.82. The van der Waals surface area contributed by atoms with E-state index in [1.54, 1.807) is 24.3 Å². The van der Waals surface area contributed by atoms with Crippen LogP contribution in [0.2, 0.25) is 5.02 Å². The molecule has 3 atom stereocenters. The minimum atomic E-state index is -1.42. The average Bonchev–Trinajstić information content (AvgIpc) is 3.04. The van der Waals surface area contributed by atoms with E-state index in [-0.39, 0.29) is 31.2 Å². The van der Waals surface area contributed by atoms with Gasteiger partial charge in [0.1, 0.15) is 6.04 Å². The predicted molar refractivity (Wildman–Crippen MR) is 102 cm³/mol. The second-order valence-electron chi connectivity index (χ2n) is 7.00. The molecule has 3 amide bonds. The zero-order valence-corrected chi connectivity index (χ0v) is 16.3. The van der Waals surface area contributed by atoms with Crippen LogP contribution in [0.25, 0.3) is 0 Å². The van der Waals surface area contributed by atoms with Crippen molar-refractivity contribution < 1.29 is 19.5 Å². The summed E-state index contributed by atoms with van der Waals surface area (Å²) in [6, 6.07) is 7.62. The number of benzene rings is 1. The van der Waals surface area contributed by atoms with E-state index in [1.165, 1.54) is 6.92 Å². The molecule has 1 saturated heterocycles. The van der Waals surface area contributed by atoms with Crippen molar-refractivity contribution >= 4 is 29.3 Å². The third-order valence-corrected chi connectivity index (χ3v) is 4.84. The van der Waals surface area contributed by atoms with Gasteiger partial charge in [-0.05, 0) is 37.5 Å². The number of carbonyl (C=O) groups is 3. The van der Waals surface area contributed by atoms with E-state index in [4.69, 9.17) is 11.6 Å². The van der Waals surface area contributed by atoms with Crippen LogP contribution in [0.15, 0.2) is 24.3 Å². The number of hydrogen-bond donors (Lipinski definition) is 4. The van der Waals surface area contributed by atoms with Gasteiger partial charge < -0.3 is 21.1 Å². The number of halogens is 1. The molecule has 9 heteroatoms. The van der Waals surface area contributed by atoms with Gasteiger partial charge in [-0.25, -0.2) is 0 Å². The number of hydrogen-bond acceptors (Lipinski definition) is 5. The van der Waals surface area contributed by atoms with E-state index in [0.717, 1.165) is 0 Å². The molecule has 0 saturated carbocycles. The van der Waals surface area contributed by atoms with Crippen LogP contribution < -0.4 is 16.0 Å². The normalized spacial score (nSPS) is 19.1. The standard InChI is InChI=1S/C19H23ClN4O4/c1-19(28,13-2-4-14(20)5-3-13)9-16(25)23-11-17(26)24-15(10-21)8-12-6-7-22-18(12)27/h2-5,12,15,28H,6-9,11H2,1H3,(H,22,27)(H,23,25)(H,24,26)/t12-,15-,19?/m0/s1. The van der Waals surface area contributed by atoms with Gasteiger partial charge in [0.25, 0.3) is 0 Å². The average molecular weight is 407 g/mol. The molecule has 1 aromatic carbocycles. The minimum Gasteiger partial charge on any atom is -0.385 e. The molecule has 28 heavy (non-hydrogen) atoms. The van der Waals surface area contributed by atoms with Gasteiger partial charge >= 0.3 is 0 Å². The highest BCUT2D eigenvalue weighted by Gasteiger charge is 2.29. The number of nitrogens with zero attached hydrogens (tertiary/aromatic N) is 1. The maximum absolute atomic E-state index is 12.1. The quantitative estimate of drug-likeness (QED) is 0.501. The smallest absolute Gasteiger partial charge is 0.240 e. The number of nitriles is 1. The largest absolute Gasteiger partial charge is 0.385 e. The Hall–Kier alpha value is -2.63. The van der Waals surface area contributed by atoms with Crippen molar-refractivity contribution in [1.29, 1.82) is 5.26 Å². The summed E-state index contributed by atoms with van der Waals surface area (Å²) in [4.78, 5) is 35.6.